The number of rotatable bonds is 2. The van der Waals surface area contributed by atoms with Crippen LogP contribution in [0.25, 0.3) is 11.0 Å². The topological polar surface area (TPSA) is 107 Å². The lowest BCUT2D eigenvalue weighted by atomic mass is 9.97. The van der Waals surface area contributed by atoms with Crippen molar-refractivity contribution in [2.24, 2.45) is 11.8 Å². The number of hydrogen-bond donors (Lipinski definition) is 4. The Balaban J connectivity index is 1.87. The summed E-state index contributed by atoms with van der Waals surface area (Å²) in [7, 11) is 0. The van der Waals surface area contributed by atoms with Crippen LogP contribution in [0.1, 0.15) is 6.92 Å². The number of anilines is 1. The van der Waals surface area contributed by atoms with Crippen LogP contribution in [0, 0.1) is 11.8 Å². The number of amides is 1. The van der Waals surface area contributed by atoms with Crippen LogP contribution in [0.4, 0.5) is 5.69 Å². The van der Waals surface area contributed by atoms with Gasteiger partial charge in [0.25, 0.3) is 0 Å². The summed E-state index contributed by atoms with van der Waals surface area (Å²) in [6.45, 7) is 3.54. The normalized spacial score (nSPS) is 21.6. The highest BCUT2D eigenvalue weighted by atomic mass is 16.2. The van der Waals surface area contributed by atoms with Crippen molar-refractivity contribution in [1.82, 2.24) is 15.3 Å². The Labute approximate surface area is 119 Å². The van der Waals surface area contributed by atoms with E-state index in [1.807, 2.05) is 6.92 Å². The van der Waals surface area contributed by atoms with Crippen molar-refractivity contribution >= 4 is 22.6 Å². The summed E-state index contributed by atoms with van der Waals surface area (Å²) in [5.74, 6) is 0.190. The van der Waals surface area contributed by atoms with Gasteiger partial charge in [0.2, 0.25) is 5.91 Å². The molecule has 1 aliphatic rings. The molecular weight excluding hydrogens is 272 g/mol. The van der Waals surface area contributed by atoms with E-state index in [2.05, 4.69) is 20.6 Å². The third kappa shape index (κ3) is 2.59. The number of aromatic nitrogens is 2. The standard InChI is InChI=1S/C14H16N4O3/c1-7-5-15-6-9(7)12(19)16-8-2-3-10-11(4-8)18-14(21)13(20)17-10/h2-4,7,9,15H,5-6H2,1H3,(H,16,19)(H,17,20)(H,18,21)/t7-,9-/m1/s1. The van der Waals surface area contributed by atoms with Gasteiger partial charge in [-0.05, 0) is 30.7 Å². The number of hydrogen-bond acceptors (Lipinski definition) is 4. The quantitative estimate of drug-likeness (QED) is 0.584. The minimum atomic E-state index is -0.709. The zero-order valence-corrected chi connectivity index (χ0v) is 11.5. The maximum atomic E-state index is 12.2. The zero-order valence-electron chi connectivity index (χ0n) is 11.5. The first-order valence-electron chi connectivity index (χ1n) is 6.82. The highest BCUT2D eigenvalue weighted by molar-refractivity contribution is 5.94. The lowest BCUT2D eigenvalue weighted by Gasteiger charge is -2.14. The Bertz CT molecular complexity index is 808. The number of aromatic amines is 2. The van der Waals surface area contributed by atoms with Crippen molar-refractivity contribution in [2.75, 3.05) is 18.4 Å². The molecule has 2 atom stereocenters. The molecule has 1 aromatic carbocycles. The molecule has 0 saturated carbocycles. The molecule has 0 unspecified atom stereocenters. The van der Waals surface area contributed by atoms with E-state index in [-0.39, 0.29) is 11.8 Å². The number of benzene rings is 1. The Kier molecular flexibility index (Phi) is 3.34. The fraction of sp³-hybridized carbons (Fsp3) is 0.357. The summed E-state index contributed by atoms with van der Waals surface area (Å²) in [6.07, 6.45) is 0. The van der Waals surface area contributed by atoms with Gasteiger partial charge in [0.1, 0.15) is 0 Å². The minimum Gasteiger partial charge on any atom is -0.326 e. The van der Waals surface area contributed by atoms with Crippen LogP contribution in [0.3, 0.4) is 0 Å². The molecule has 4 N–H and O–H groups in total. The second kappa shape index (κ2) is 5.17. The van der Waals surface area contributed by atoms with Crippen molar-refractivity contribution < 1.29 is 4.79 Å². The first-order chi connectivity index (χ1) is 10.0. The Morgan fingerprint density at radius 1 is 1.14 bits per heavy atom. The predicted octanol–water partition coefficient (Wildman–Crippen LogP) is 0.0104. The van der Waals surface area contributed by atoms with Gasteiger partial charge in [-0.15, -0.1) is 0 Å². The Morgan fingerprint density at radius 3 is 2.52 bits per heavy atom. The van der Waals surface area contributed by atoms with E-state index >= 15 is 0 Å². The summed E-state index contributed by atoms with van der Waals surface area (Å²) in [4.78, 5) is 39.7. The first kappa shape index (κ1) is 13.6. The molecule has 21 heavy (non-hydrogen) atoms. The molecule has 0 aliphatic carbocycles. The van der Waals surface area contributed by atoms with Crippen molar-refractivity contribution in [1.29, 1.82) is 0 Å². The molecule has 0 bridgehead atoms. The summed E-state index contributed by atoms with van der Waals surface area (Å²) in [6, 6.07) is 4.98. The van der Waals surface area contributed by atoms with Crippen LogP contribution in [0.15, 0.2) is 27.8 Å². The highest BCUT2D eigenvalue weighted by Gasteiger charge is 2.29. The molecule has 110 valence electrons. The maximum Gasteiger partial charge on any atom is 0.314 e. The molecule has 0 spiro atoms. The average molecular weight is 288 g/mol. The molecular formula is C14H16N4O3. The van der Waals surface area contributed by atoms with E-state index in [0.717, 1.165) is 6.54 Å². The van der Waals surface area contributed by atoms with Crippen molar-refractivity contribution in [3.05, 3.63) is 38.9 Å². The van der Waals surface area contributed by atoms with Gasteiger partial charge in [0.05, 0.1) is 17.0 Å². The third-order valence-electron chi connectivity index (χ3n) is 3.84. The van der Waals surface area contributed by atoms with Gasteiger partial charge in [-0.2, -0.15) is 0 Å². The number of H-pyrrole nitrogens is 2. The van der Waals surface area contributed by atoms with E-state index in [4.69, 9.17) is 0 Å². The van der Waals surface area contributed by atoms with Gasteiger partial charge < -0.3 is 20.6 Å². The van der Waals surface area contributed by atoms with Crippen LogP contribution < -0.4 is 21.8 Å². The molecule has 2 heterocycles. The van der Waals surface area contributed by atoms with Gasteiger partial charge in [-0.25, -0.2) is 0 Å². The Hall–Kier alpha value is -2.41. The minimum absolute atomic E-state index is 0.0429. The molecule has 7 nitrogen and oxygen atoms in total. The monoisotopic (exact) mass is 288 g/mol. The van der Waals surface area contributed by atoms with Gasteiger partial charge >= 0.3 is 11.1 Å². The van der Waals surface area contributed by atoms with Crippen molar-refractivity contribution in [2.45, 2.75) is 6.92 Å². The number of fused-ring (bicyclic) bond motifs is 1. The first-order valence-corrected chi connectivity index (χ1v) is 6.82. The lowest BCUT2D eigenvalue weighted by Crippen LogP contribution is -2.29. The fourth-order valence-electron chi connectivity index (χ4n) is 2.59. The van der Waals surface area contributed by atoms with Crippen LogP contribution in [-0.2, 0) is 4.79 Å². The molecule has 1 saturated heterocycles. The van der Waals surface area contributed by atoms with E-state index in [1.165, 1.54) is 0 Å². The zero-order chi connectivity index (χ0) is 15.0. The largest absolute Gasteiger partial charge is 0.326 e. The van der Waals surface area contributed by atoms with E-state index in [0.29, 0.717) is 29.2 Å². The molecule has 0 radical (unpaired) electrons. The second-order valence-electron chi connectivity index (χ2n) is 5.40. The SMILES string of the molecule is C[C@@H]1CNC[C@H]1C(=O)Nc1ccc2[nH]c(=O)c(=O)[nH]c2c1. The molecule has 3 rings (SSSR count). The van der Waals surface area contributed by atoms with Crippen LogP contribution in [-0.4, -0.2) is 29.0 Å². The lowest BCUT2D eigenvalue weighted by molar-refractivity contribution is -0.120. The number of carbonyl (C=O) groups is 1. The highest BCUT2D eigenvalue weighted by Crippen LogP contribution is 2.19. The van der Waals surface area contributed by atoms with Crippen molar-refractivity contribution in [3.8, 4) is 0 Å². The van der Waals surface area contributed by atoms with Crippen LogP contribution in [0.5, 0.6) is 0 Å². The summed E-state index contributed by atoms with van der Waals surface area (Å²) >= 11 is 0. The number of nitrogens with one attached hydrogen (secondary N) is 4. The molecule has 7 heteroatoms. The Morgan fingerprint density at radius 2 is 1.86 bits per heavy atom. The molecule has 2 aromatic rings. The van der Waals surface area contributed by atoms with Crippen molar-refractivity contribution in [3.63, 3.8) is 0 Å². The third-order valence-corrected chi connectivity index (χ3v) is 3.84. The number of carbonyl (C=O) groups excluding carboxylic acids is 1. The van der Waals surface area contributed by atoms with Gasteiger partial charge in [0, 0.05) is 12.2 Å². The molecule has 1 aliphatic heterocycles. The van der Waals surface area contributed by atoms with Gasteiger partial charge in [0.15, 0.2) is 0 Å². The van der Waals surface area contributed by atoms with Crippen LogP contribution >= 0.6 is 0 Å². The van der Waals surface area contributed by atoms with E-state index in [1.54, 1.807) is 18.2 Å². The van der Waals surface area contributed by atoms with Gasteiger partial charge in [-0.3, -0.25) is 14.4 Å². The fourth-order valence-corrected chi connectivity index (χ4v) is 2.59. The molecule has 1 aromatic heterocycles. The summed E-state index contributed by atoms with van der Waals surface area (Å²) in [5, 5.41) is 6.03. The predicted molar refractivity (Wildman–Crippen MR) is 79.3 cm³/mol. The van der Waals surface area contributed by atoms with Gasteiger partial charge in [-0.1, -0.05) is 6.92 Å². The second-order valence-corrected chi connectivity index (χ2v) is 5.40. The maximum absolute atomic E-state index is 12.2. The summed E-state index contributed by atoms with van der Waals surface area (Å²) in [5.41, 5.74) is 0.197. The van der Waals surface area contributed by atoms with E-state index < -0.39 is 11.1 Å². The summed E-state index contributed by atoms with van der Waals surface area (Å²) < 4.78 is 0. The molecule has 1 fully saturated rings. The smallest absolute Gasteiger partial charge is 0.314 e. The molecule has 1 amide bonds. The average Bonchev–Trinajstić information content (AvgIpc) is 2.87. The van der Waals surface area contributed by atoms with Crippen LogP contribution in [0.2, 0.25) is 0 Å². The van der Waals surface area contributed by atoms with E-state index in [9.17, 15) is 14.4 Å².